The molecule has 5 heteroatoms. The molecule has 0 saturated carbocycles. The molecular weight excluding hydrogens is 302 g/mol. The molecule has 2 heterocycles. The molecule has 2 N–H and O–H groups in total. The van der Waals surface area contributed by atoms with E-state index in [9.17, 15) is 9.90 Å². The molecule has 0 bridgehead atoms. The molecule has 1 aliphatic rings. The summed E-state index contributed by atoms with van der Waals surface area (Å²) in [6.45, 7) is 2.23. The number of pyridine rings is 1. The SMILES string of the molecule is O=C(c1cccc(NCc2cccnc2)c1)N1CCCC(CO)C1. The van der Waals surface area contributed by atoms with Crippen LogP contribution >= 0.6 is 0 Å². The lowest BCUT2D eigenvalue weighted by Crippen LogP contribution is -2.40. The van der Waals surface area contributed by atoms with Gasteiger partial charge in [0.1, 0.15) is 0 Å². The standard InChI is InChI=1S/C19H23N3O2/c23-14-16-5-3-9-22(13-16)19(24)17-6-1-7-18(10-17)21-12-15-4-2-8-20-11-15/h1-2,4,6-8,10-11,16,21,23H,3,5,9,12-14H2. The number of nitrogens with one attached hydrogen (secondary N) is 1. The van der Waals surface area contributed by atoms with Crippen molar-refractivity contribution in [2.75, 3.05) is 25.0 Å². The van der Waals surface area contributed by atoms with Crippen LogP contribution in [0.25, 0.3) is 0 Å². The summed E-state index contributed by atoms with van der Waals surface area (Å²) in [5, 5.41) is 12.7. The van der Waals surface area contributed by atoms with Gasteiger partial charge in [-0.25, -0.2) is 0 Å². The first-order valence-electron chi connectivity index (χ1n) is 8.39. The number of amides is 1. The van der Waals surface area contributed by atoms with Crippen LogP contribution in [0.15, 0.2) is 48.8 Å². The summed E-state index contributed by atoms with van der Waals surface area (Å²) in [6.07, 6.45) is 5.52. The van der Waals surface area contributed by atoms with Gasteiger partial charge in [-0.1, -0.05) is 12.1 Å². The fourth-order valence-electron chi connectivity index (χ4n) is 3.05. The minimum absolute atomic E-state index is 0.0400. The average molecular weight is 325 g/mol. The van der Waals surface area contributed by atoms with Gasteiger partial charge in [-0.2, -0.15) is 0 Å². The number of rotatable bonds is 5. The molecule has 1 aromatic heterocycles. The number of carbonyl (C=O) groups is 1. The number of likely N-dealkylation sites (tertiary alicyclic amines) is 1. The van der Waals surface area contributed by atoms with Gasteiger partial charge in [0.15, 0.2) is 0 Å². The third-order valence-corrected chi connectivity index (χ3v) is 4.39. The van der Waals surface area contributed by atoms with E-state index >= 15 is 0 Å². The lowest BCUT2D eigenvalue weighted by Gasteiger charge is -2.32. The number of hydrogen-bond donors (Lipinski definition) is 2. The van der Waals surface area contributed by atoms with Crippen molar-refractivity contribution in [2.24, 2.45) is 5.92 Å². The molecule has 2 aromatic rings. The number of aliphatic hydroxyl groups is 1. The molecule has 0 spiro atoms. The molecule has 1 unspecified atom stereocenters. The largest absolute Gasteiger partial charge is 0.396 e. The summed E-state index contributed by atoms with van der Waals surface area (Å²) in [5.74, 6) is 0.243. The van der Waals surface area contributed by atoms with Crippen LogP contribution in [-0.2, 0) is 6.54 Å². The molecule has 1 atom stereocenters. The second kappa shape index (κ2) is 7.93. The Kier molecular flexibility index (Phi) is 5.43. The molecular formula is C19H23N3O2. The van der Waals surface area contributed by atoms with E-state index in [1.54, 1.807) is 6.20 Å². The maximum absolute atomic E-state index is 12.7. The van der Waals surface area contributed by atoms with Crippen LogP contribution in [0.5, 0.6) is 0 Å². The second-order valence-corrected chi connectivity index (χ2v) is 6.24. The van der Waals surface area contributed by atoms with Gasteiger partial charge in [0, 0.05) is 49.9 Å². The van der Waals surface area contributed by atoms with Crippen LogP contribution < -0.4 is 5.32 Å². The zero-order valence-corrected chi connectivity index (χ0v) is 13.7. The zero-order valence-electron chi connectivity index (χ0n) is 13.7. The van der Waals surface area contributed by atoms with Gasteiger partial charge in [-0.05, 0) is 48.6 Å². The highest BCUT2D eigenvalue weighted by molar-refractivity contribution is 5.95. The Bertz CT molecular complexity index is 675. The number of aliphatic hydroxyl groups excluding tert-OH is 1. The van der Waals surface area contributed by atoms with E-state index in [1.165, 1.54) is 0 Å². The quantitative estimate of drug-likeness (QED) is 0.887. The highest BCUT2D eigenvalue weighted by Gasteiger charge is 2.24. The molecule has 1 amide bonds. The van der Waals surface area contributed by atoms with E-state index in [4.69, 9.17) is 0 Å². The third-order valence-electron chi connectivity index (χ3n) is 4.39. The van der Waals surface area contributed by atoms with Crippen molar-refractivity contribution in [2.45, 2.75) is 19.4 Å². The first kappa shape index (κ1) is 16.5. The summed E-state index contributed by atoms with van der Waals surface area (Å²) in [7, 11) is 0. The van der Waals surface area contributed by atoms with Gasteiger partial charge < -0.3 is 15.3 Å². The summed E-state index contributed by atoms with van der Waals surface area (Å²) in [6, 6.07) is 11.5. The highest BCUT2D eigenvalue weighted by Crippen LogP contribution is 2.20. The molecule has 1 aromatic carbocycles. The molecule has 0 radical (unpaired) electrons. The Hall–Kier alpha value is -2.40. The first-order chi connectivity index (χ1) is 11.8. The lowest BCUT2D eigenvalue weighted by molar-refractivity contribution is 0.0621. The highest BCUT2D eigenvalue weighted by atomic mass is 16.3. The number of piperidine rings is 1. The van der Waals surface area contributed by atoms with Crippen LogP contribution in [0.1, 0.15) is 28.8 Å². The lowest BCUT2D eigenvalue weighted by atomic mass is 9.98. The maximum Gasteiger partial charge on any atom is 0.253 e. The summed E-state index contributed by atoms with van der Waals surface area (Å²) >= 11 is 0. The predicted molar refractivity (Wildman–Crippen MR) is 93.7 cm³/mol. The van der Waals surface area contributed by atoms with Crippen LogP contribution in [0.4, 0.5) is 5.69 Å². The maximum atomic E-state index is 12.7. The van der Waals surface area contributed by atoms with E-state index in [0.717, 1.165) is 30.6 Å². The van der Waals surface area contributed by atoms with Crippen molar-refractivity contribution in [1.29, 1.82) is 0 Å². The molecule has 24 heavy (non-hydrogen) atoms. The van der Waals surface area contributed by atoms with Crippen LogP contribution in [0.3, 0.4) is 0 Å². The van der Waals surface area contributed by atoms with Crippen LogP contribution in [0.2, 0.25) is 0 Å². The predicted octanol–water partition coefficient (Wildman–Crippen LogP) is 2.54. The fourth-order valence-corrected chi connectivity index (χ4v) is 3.05. The van der Waals surface area contributed by atoms with Gasteiger partial charge in [-0.15, -0.1) is 0 Å². The molecule has 5 nitrogen and oxygen atoms in total. The Labute approximate surface area is 142 Å². The zero-order chi connectivity index (χ0) is 16.8. The Morgan fingerprint density at radius 2 is 2.25 bits per heavy atom. The topological polar surface area (TPSA) is 65.5 Å². The number of carbonyl (C=O) groups excluding carboxylic acids is 1. The summed E-state index contributed by atoms with van der Waals surface area (Å²) in [4.78, 5) is 18.6. The van der Waals surface area contributed by atoms with Crippen LogP contribution in [0, 0.1) is 5.92 Å². The molecule has 1 aliphatic heterocycles. The Morgan fingerprint density at radius 1 is 1.33 bits per heavy atom. The van der Waals surface area contributed by atoms with Crippen molar-refractivity contribution in [1.82, 2.24) is 9.88 Å². The monoisotopic (exact) mass is 325 g/mol. The van der Waals surface area contributed by atoms with Gasteiger partial charge in [0.2, 0.25) is 0 Å². The van der Waals surface area contributed by atoms with Crippen molar-refractivity contribution in [3.05, 3.63) is 59.9 Å². The Morgan fingerprint density at radius 3 is 3.04 bits per heavy atom. The minimum Gasteiger partial charge on any atom is -0.396 e. The molecule has 1 fully saturated rings. The van der Waals surface area contributed by atoms with Gasteiger partial charge in [0.05, 0.1) is 0 Å². The summed E-state index contributed by atoms with van der Waals surface area (Å²) in [5.41, 5.74) is 2.70. The second-order valence-electron chi connectivity index (χ2n) is 6.24. The smallest absolute Gasteiger partial charge is 0.253 e. The number of nitrogens with zero attached hydrogens (tertiary/aromatic N) is 2. The van der Waals surface area contributed by atoms with Gasteiger partial charge in [0.25, 0.3) is 5.91 Å². The number of benzene rings is 1. The number of anilines is 1. The molecule has 3 rings (SSSR count). The average Bonchev–Trinajstić information content (AvgIpc) is 2.67. The van der Waals surface area contributed by atoms with Crippen molar-refractivity contribution in [3.63, 3.8) is 0 Å². The van der Waals surface area contributed by atoms with E-state index in [0.29, 0.717) is 18.7 Å². The van der Waals surface area contributed by atoms with Gasteiger partial charge in [-0.3, -0.25) is 9.78 Å². The molecule has 1 saturated heterocycles. The third kappa shape index (κ3) is 4.11. The number of hydrogen-bond acceptors (Lipinski definition) is 4. The fraction of sp³-hybridized carbons (Fsp3) is 0.368. The van der Waals surface area contributed by atoms with E-state index in [2.05, 4.69) is 10.3 Å². The van der Waals surface area contributed by atoms with Gasteiger partial charge >= 0.3 is 0 Å². The molecule has 0 aliphatic carbocycles. The van der Waals surface area contributed by atoms with E-state index < -0.39 is 0 Å². The summed E-state index contributed by atoms with van der Waals surface area (Å²) < 4.78 is 0. The minimum atomic E-state index is 0.0400. The first-order valence-corrected chi connectivity index (χ1v) is 8.39. The van der Waals surface area contributed by atoms with E-state index in [-0.39, 0.29) is 18.4 Å². The van der Waals surface area contributed by atoms with Crippen molar-refractivity contribution in [3.8, 4) is 0 Å². The normalized spacial score (nSPS) is 17.5. The van der Waals surface area contributed by atoms with Crippen molar-refractivity contribution >= 4 is 11.6 Å². The number of aromatic nitrogens is 1. The van der Waals surface area contributed by atoms with Crippen molar-refractivity contribution < 1.29 is 9.90 Å². The van der Waals surface area contributed by atoms with Crippen LogP contribution in [-0.4, -0.2) is 40.6 Å². The Balaban J connectivity index is 1.65. The van der Waals surface area contributed by atoms with E-state index in [1.807, 2.05) is 47.5 Å². The molecule has 126 valence electrons.